The molecule has 2 heterocycles. The Morgan fingerprint density at radius 3 is 2.82 bits per heavy atom. The number of H-pyrrole nitrogens is 1. The van der Waals surface area contributed by atoms with Crippen molar-refractivity contribution in [3.63, 3.8) is 0 Å². The highest BCUT2D eigenvalue weighted by Crippen LogP contribution is 2.33. The van der Waals surface area contributed by atoms with Gasteiger partial charge < -0.3 is 10.1 Å². The van der Waals surface area contributed by atoms with Gasteiger partial charge in [-0.25, -0.2) is 4.79 Å². The van der Waals surface area contributed by atoms with Gasteiger partial charge in [0.25, 0.3) is 0 Å². The number of hydrogen-bond donors (Lipinski definition) is 2. The Morgan fingerprint density at radius 2 is 2.00 bits per heavy atom. The van der Waals surface area contributed by atoms with Crippen LogP contribution in [0.25, 0.3) is 22.0 Å². The lowest BCUT2D eigenvalue weighted by Crippen LogP contribution is -1.95. The summed E-state index contributed by atoms with van der Waals surface area (Å²) in [6.45, 7) is 0. The lowest BCUT2D eigenvalue weighted by atomic mass is 10.0. The summed E-state index contributed by atoms with van der Waals surface area (Å²) in [5, 5.41) is 13.7. The first kappa shape index (κ1) is 10.1. The molecule has 0 fully saturated rings. The first-order valence-corrected chi connectivity index (χ1v) is 6.07. The summed E-state index contributed by atoms with van der Waals surface area (Å²) in [4.78, 5) is 14.3. The number of carbonyl (C=O) groups is 1. The maximum atomic E-state index is 11.1. The summed E-state index contributed by atoms with van der Waals surface area (Å²) < 4.78 is 0. The molecule has 0 bridgehead atoms. The van der Waals surface area contributed by atoms with Crippen molar-refractivity contribution in [1.82, 2.24) is 4.98 Å². The second-order valence-electron chi connectivity index (χ2n) is 3.75. The van der Waals surface area contributed by atoms with Gasteiger partial charge in [0, 0.05) is 33.6 Å². The molecule has 0 aliphatic carbocycles. The zero-order valence-electron chi connectivity index (χ0n) is 8.81. The molecule has 0 aliphatic heterocycles. The van der Waals surface area contributed by atoms with Gasteiger partial charge in [-0.15, -0.1) is 0 Å². The standard InChI is InChI=1S/C13H9NO2S/c15-13(16)11-7-17-6-10(11)9-5-14-12-4-2-1-3-8(9)12/h1-7,14H,(H,15,16). The average Bonchev–Trinajstić information content (AvgIpc) is 2.94. The van der Waals surface area contributed by atoms with Gasteiger partial charge in [-0.3, -0.25) is 0 Å². The molecule has 0 radical (unpaired) electrons. The second kappa shape index (κ2) is 3.75. The van der Waals surface area contributed by atoms with E-state index in [-0.39, 0.29) is 0 Å². The molecule has 3 nitrogen and oxygen atoms in total. The molecule has 0 amide bonds. The van der Waals surface area contributed by atoms with Gasteiger partial charge in [-0.2, -0.15) is 11.3 Å². The molecule has 84 valence electrons. The van der Waals surface area contributed by atoms with Crippen molar-refractivity contribution in [3.8, 4) is 11.1 Å². The molecule has 0 atom stereocenters. The van der Waals surface area contributed by atoms with Crippen LogP contribution in [0.2, 0.25) is 0 Å². The third-order valence-corrected chi connectivity index (χ3v) is 3.52. The summed E-state index contributed by atoms with van der Waals surface area (Å²) >= 11 is 1.41. The van der Waals surface area contributed by atoms with Crippen LogP contribution in [0.1, 0.15) is 10.4 Å². The number of hydrogen-bond acceptors (Lipinski definition) is 2. The van der Waals surface area contributed by atoms with E-state index in [0.29, 0.717) is 5.56 Å². The lowest BCUT2D eigenvalue weighted by Gasteiger charge is -1.98. The van der Waals surface area contributed by atoms with Crippen molar-refractivity contribution in [2.45, 2.75) is 0 Å². The van der Waals surface area contributed by atoms with Gasteiger partial charge in [0.2, 0.25) is 0 Å². The van der Waals surface area contributed by atoms with Gasteiger partial charge in [0.15, 0.2) is 0 Å². The van der Waals surface area contributed by atoms with E-state index < -0.39 is 5.97 Å². The Bertz CT molecular complexity index is 696. The summed E-state index contributed by atoms with van der Waals surface area (Å²) in [5.41, 5.74) is 3.10. The molecule has 2 aromatic heterocycles. The number of aromatic nitrogens is 1. The van der Waals surface area contributed by atoms with Crippen molar-refractivity contribution < 1.29 is 9.90 Å². The van der Waals surface area contributed by atoms with E-state index in [2.05, 4.69) is 4.98 Å². The maximum absolute atomic E-state index is 11.1. The van der Waals surface area contributed by atoms with Gasteiger partial charge in [0.1, 0.15) is 0 Å². The van der Waals surface area contributed by atoms with Crippen LogP contribution in [-0.2, 0) is 0 Å². The highest BCUT2D eigenvalue weighted by Gasteiger charge is 2.15. The number of carboxylic acid groups (broad SMARTS) is 1. The Kier molecular flexibility index (Phi) is 2.23. The van der Waals surface area contributed by atoms with E-state index in [9.17, 15) is 4.79 Å². The Morgan fingerprint density at radius 1 is 1.18 bits per heavy atom. The van der Waals surface area contributed by atoms with E-state index in [0.717, 1.165) is 22.0 Å². The van der Waals surface area contributed by atoms with E-state index in [1.807, 2.05) is 35.8 Å². The molecule has 0 saturated heterocycles. The first-order chi connectivity index (χ1) is 8.27. The van der Waals surface area contributed by atoms with Crippen molar-refractivity contribution in [2.24, 2.45) is 0 Å². The van der Waals surface area contributed by atoms with Crippen LogP contribution in [-0.4, -0.2) is 16.1 Å². The molecule has 3 aromatic rings. The molecular weight excluding hydrogens is 234 g/mol. The smallest absolute Gasteiger partial charge is 0.337 e. The lowest BCUT2D eigenvalue weighted by molar-refractivity contribution is 0.0698. The Balaban J connectivity index is 2.28. The third-order valence-electron chi connectivity index (χ3n) is 2.77. The highest BCUT2D eigenvalue weighted by molar-refractivity contribution is 7.08. The average molecular weight is 243 g/mol. The van der Waals surface area contributed by atoms with Crippen LogP contribution in [0.15, 0.2) is 41.2 Å². The van der Waals surface area contributed by atoms with E-state index >= 15 is 0 Å². The van der Waals surface area contributed by atoms with Gasteiger partial charge in [0.05, 0.1) is 5.56 Å². The SMILES string of the molecule is O=C(O)c1cscc1-c1c[nH]c2ccccc12. The largest absolute Gasteiger partial charge is 0.478 e. The minimum atomic E-state index is -0.883. The Labute approximate surface area is 101 Å². The molecule has 0 saturated carbocycles. The number of nitrogens with one attached hydrogen (secondary N) is 1. The number of carboxylic acids is 1. The minimum absolute atomic E-state index is 0.361. The molecule has 2 N–H and O–H groups in total. The summed E-state index contributed by atoms with van der Waals surface area (Å²) in [6.07, 6.45) is 1.86. The fourth-order valence-electron chi connectivity index (χ4n) is 1.97. The number of fused-ring (bicyclic) bond motifs is 1. The van der Waals surface area contributed by atoms with Crippen LogP contribution < -0.4 is 0 Å². The molecule has 0 spiro atoms. The zero-order valence-corrected chi connectivity index (χ0v) is 9.62. The normalized spacial score (nSPS) is 10.8. The van der Waals surface area contributed by atoms with Crippen molar-refractivity contribution in [1.29, 1.82) is 0 Å². The van der Waals surface area contributed by atoms with Crippen LogP contribution in [0.3, 0.4) is 0 Å². The van der Waals surface area contributed by atoms with E-state index in [4.69, 9.17) is 5.11 Å². The summed E-state index contributed by atoms with van der Waals surface area (Å²) in [5.74, 6) is -0.883. The first-order valence-electron chi connectivity index (χ1n) is 5.13. The number of aromatic carboxylic acids is 1. The Hall–Kier alpha value is -2.07. The fraction of sp³-hybridized carbons (Fsp3) is 0. The monoisotopic (exact) mass is 243 g/mol. The topological polar surface area (TPSA) is 53.1 Å². The summed E-state index contributed by atoms with van der Waals surface area (Å²) in [7, 11) is 0. The third kappa shape index (κ3) is 1.54. The van der Waals surface area contributed by atoms with Crippen LogP contribution >= 0.6 is 11.3 Å². The summed E-state index contributed by atoms with van der Waals surface area (Å²) in [6, 6.07) is 7.87. The molecule has 3 rings (SSSR count). The number of rotatable bonds is 2. The van der Waals surface area contributed by atoms with Crippen molar-refractivity contribution in [3.05, 3.63) is 46.8 Å². The van der Waals surface area contributed by atoms with Gasteiger partial charge in [-0.1, -0.05) is 18.2 Å². The van der Waals surface area contributed by atoms with Gasteiger partial charge in [-0.05, 0) is 11.4 Å². The number of para-hydroxylation sites is 1. The highest BCUT2D eigenvalue weighted by atomic mass is 32.1. The van der Waals surface area contributed by atoms with Crippen LogP contribution in [0.4, 0.5) is 0 Å². The second-order valence-corrected chi connectivity index (χ2v) is 4.50. The quantitative estimate of drug-likeness (QED) is 0.722. The van der Waals surface area contributed by atoms with E-state index in [1.54, 1.807) is 5.38 Å². The van der Waals surface area contributed by atoms with Crippen LogP contribution in [0.5, 0.6) is 0 Å². The predicted octanol–water partition coefficient (Wildman–Crippen LogP) is 3.59. The number of benzene rings is 1. The molecular formula is C13H9NO2S. The zero-order chi connectivity index (χ0) is 11.8. The fourth-order valence-corrected chi connectivity index (χ4v) is 2.79. The molecule has 4 heteroatoms. The van der Waals surface area contributed by atoms with E-state index in [1.165, 1.54) is 11.3 Å². The minimum Gasteiger partial charge on any atom is -0.478 e. The predicted molar refractivity (Wildman–Crippen MR) is 68.6 cm³/mol. The maximum Gasteiger partial charge on any atom is 0.337 e. The van der Waals surface area contributed by atoms with Crippen molar-refractivity contribution in [2.75, 3.05) is 0 Å². The number of aromatic amines is 1. The van der Waals surface area contributed by atoms with Crippen molar-refractivity contribution >= 4 is 28.2 Å². The molecule has 1 aromatic carbocycles. The molecule has 17 heavy (non-hydrogen) atoms. The molecule has 0 aliphatic rings. The van der Waals surface area contributed by atoms with Gasteiger partial charge >= 0.3 is 5.97 Å². The van der Waals surface area contributed by atoms with Crippen LogP contribution in [0, 0.1) is 0 Å². The number of thiophene rings is 1. The molecule has 0 unspecified atom stereocenters.